The van der Waals surface area contributed by atoms with Crippen LogP contribution in [0.1, 0.15) is 56.6 Å². The Hall–Kier alpha value is -3.05. The lowest BCUT2D eigenvalue weighted by molar-refractivity contribution is -0.138. The van der Waals surface area contributed by atoms with Crippen LogP contribution in [0.2, 0.25) is 5.02 Å². The predicted molar refractivity (Wildman–Crippen MR) is 128 cm³/mol. The van der Waals surface area contributed by atoms with E-state index in [0.29, 0.717) is 35.6 Å². The number of rotatable bonds is 6. The Balaban J connectivity index is 1.76. The molecule has 1 aliphatic carbocycles. The van der Waals surface area contributed by atoms with Crippen molar-refractivity contribution in [3.63, 3.8) is 0 Å². The van der Waals surface area contributed by atoms with Gasteiger partial charge in [-0.15, -0.1) is 0 Å². The van der Waals surface area contributed by atoms with Gasteiger partial charge in [-0.2, -0.15) is 0 Å². The second kappa shape index (κ2) is 9.84. The van der Waals surface area contributed by atoms with Gasteiger partial charge in [0, 0.05) is 34.3 Å². The molecule has 0 fully saturated rings. The first-order valence-electron chi connectivity index (χ1n) is 11.3. The van der Waals surface area contributed by atoms with Crippen LogP contribution in [0.5, 0.6) is 5.75 Å². The molecule has 2 aromatic carbocycles. The van der Waals surface area contributed by atoms with Crippen molar-refractivity contribution in [3.8, 4) is 5.75 Å². The number of benzene rings is 2. The van der Waals surface area contributed by atoms with E-state index < -0.39 is 11.9 Å². The van der Waals surface area contributed by atoms with E-state index in [1.165, 1.54) is 0 Å². The average Bonchev–Trinajstić information content (AvgIpc) is 2.79. The van der Waals surface area contributed by atoms with Crippen LogP contribution in [0.25, 0.3) is 0 Å². The third-order valence-electron chi connectivity index (χ3n) is 6.19. The van der Waals surface area contributed by atoms with Crippen LogP contribution in [0.15, 0.2) is 71.1 Å². The number of allylic oxidation sites excluding steroid dienone is 3. The fourth-order valence-electron chi connectivity index (χ4n) is 4.75. The first kappa shape index (κ1) is 23.1. The highest BCUT2D eigenvalue weighted by Crippen LogP contribution is 2.46. The van der Waals surface area contributed by atoms with Crippen molar-refractivity contribution in [2.75, 3.05) is 13.2 Å². The number of carbonyl (C=O) groups excluding carboxylic acids is 2. The summed E-state index contributed by atoms with van der Waals surface area (Å²) in [6.07, 6.45) is 1.06. The van der Waals surface area contributed by atoms with Crippen molar-refractivity contribution in [1.29, 1.82) is 0 Å². The van der Waals surface area contributed by atoms with E-state index in [-0.39, 0.29) is 18.3 Å². The standard InChI is InChI=1S/C27H28ClNO4/c1-4-32-21-12-8-18(9-13-21)25-24(27(31)33-5-2)16(3)29-22-14-19(15-23(30)26(22)25)17-6-10-20(28)11-7-17/h6-13,19,25,29H,4-5,14-15H2,1-3H3/t19-,25+/m1/s1. The van der Waals surface area contributed by atoms with Crippen molar-refractivity contribution in [2.24, 2.45) is 0 Å². The zero-order valence-corrected chi connectivity index (χ0v) is 19.9. The van der Waals surface area contributed by atoms with Gasteiger partial charge in [-0.25, -0.2) is 4.79 Å². The van der Waals surface area contributed by atoms with Gasteiger partial charge in [-0.3, -0.25) is 4.79 Å². The summed E-state index contributed by atoms with van der Waals surface area (Å²) in [6, 6.07) is 15.3. The summed E-state index contributed by atoms with van der Waals surface area (Å²) < 4.78 is 11.0. The monoisotopic (exact) mass is 465 g/mol. The van der Waals surface area contributed by atoms with Crippen molar-refractivity contribution >= 4 is 23.4 Å². The maximum Gasteiger partial charge on any atom is 0.336 e. The van der Waals surface area contributed by atoms with Gasteiger partial charge in [0.1, 0.15) is 5.75 Å². The second-order valence-corrected chi connectivity index (χ2v) is 8.73. The molecule has 1 heterocycles. The van der Waals surface area contributed by atoms with Crippen LogP contribution < -0.4 is 10.1 Å². The maximum atomic E-state index is 13.5. The third kappa shape index (κ3) is 4.69. The number of Topliss-reactive ketones (excluding diaryl/α,β-unsaturated/α-hetero) is 1. The first-order valence-corrected chi connectivity index (χ1v) is 11.7. The summed E-state index contributed by atoms with van der Waals surface area (Å²) in [6.45, 7) is 6.42. The number of halogens is 1. The van der Waals surface area contributed by atoms with Gasteiger partial charge in [0.05, 0.1) is 18.8 Å². The minimum atomic E-state index is -0.477. The Morgan fingerprint density at radius 1 is 1.00 bits per heavy atom. The van der Waals surface area contributed by atoms with Crippen LogP contribution in [0.3, 0.4) is 0 Å². The number of esters is 1. The SMILES string of the molecule is CCOC(=O)C1=C(C)NC2=C(C(=O)C[C@H](c3ccc(Cl)cc3)C2)[C@H]1c1ccc(OCC)cc1. The average molecular weight is 466 g/mol. The topological polar surface area (TPSA) is 64.6 Å². The Morgan fingerprint density at radius 2 is 1.67 bits per heavy atom. The molecular formula is C27H28ClNO4. The Bertz CT molecular complexity index is 1120. The third-order valence-corrected chi connectivity index (χ3v) is 6.44. The van der Waals surface area contributed by atoms with E-state index in [9.17, 15) is 9.59 Å². The molecular weight excluding hydrogens is 438 g/mol. The molecule has 1 N–H and O–H groups in total. The number of ketones is 1. The molecule has 2 aliphatic rings. The lowest BCUT2D eigenvalue weighted by Gasteiger charge is -2.36. The number of hydrogen-bond donors (Lipinski definition) is 1. The molecule has 0 unspecified atom stereocenters. The maximum absolute atomic E-state index is 13.5. The number of dihydropyridines is 1. The van der Waals surface area contributed by atoms with E-state index in [1.54, 1.807) is 6.92 Å². The molecule has 33 heavy (non-hydrogen) atoms. The largest absolute Gasteiger partial charge is 0.494 e. The Kier molecular flexibility index (Phi) is 6.89. The lowest BCUT2D eigenvalue weighted by Crippen LogP contribution is -2.36. The van der Waals surface area contributed by atoms with Crippen molar-refractivity contribution < 1.29 is 19.1 Å². The van der Waals surface area contributed by atoms with Crippen LogP contribution in [0.4, 0.5) is 0 Å². The van der Waals surface area contributed by atoms with E-state index in [0.717, 1.165) is 28.3 Å². The molecule has 5 nitrogen and oxygen atoms in total. The van der Waals surface area contributed by atoms with Crippen LogP contribution in [-0.4, -0.2) is 25.0 Å². The smallest absolute Gasteiger partial charge is 0.336 e. The molecule has 0 saturated heterocycles. The van der Waals surface area contributed by atoms with Gasteiger partial charge in [-0.1, -0.05) is 35.9 Å². The molecule has 6 heteroatoms. The molecule has 0 bridgehead atoms. The second-order valence-electron chi connectivity index (χ2n) is 8.29. The highest BCUT2D eigenvalue weighted by molar-refractivity contribution is 6.30. The molecule has 0 saturated carbocycles. The van der Waals surface area contributed by atoms with Crippen molar-refractivity contribution in [3.05, 3.63) is 87.2 Å². The van der Waals surface area contributed by atoms with Gasteiger partial charge < -0.3 is 14.8 Å². The normalized spacial score (nSPS) is 20.3. The van der Waals surface area contributed by atoms with E-state index in [1.807, 2.05) is 62.4 Å². The number of hydrogen-bond acceptors (Lipinski definition) is 5. The number of carbonyl (C=O) groups is 2. The fraction of sp³-hybridized carbons (Fsp3) is 0.333. The van der Waals surface area contributed by atoms with Crippen molar-refractivity contribution in [2.45, 2.75) is 45.4 Å². The predicted octanol–water partition coefficient (Wildman–Crippen LogP) is 5.66. The van der Waals surface area contributed by atoms with Crippen LogP contribution in [-0.2, 0) is 14.3 Å². The summed E-state index contributed by atoms with van der Waals surface area (Å²) in [4.78, 5) is 26.5. The zero-order chi connectivity index (χ0) is 23.5. The first-order chi connectivity index (χ1) is 15.9. The number of ether oxygens (including phenoxy) is 2. The van der Waals surface area contributed by atoms with E-state index in [4.69, 9.17) is 21.1 Å². The summed E-state index contributed by atoms with van der Waals surface area (Å²) >= 11 is 6.05. The summed E-state index contributed by atoms with van der Waals surface area (Å²) in [5.41, 5.74) is 4.67. The molecule has 2 atom stereocenters. The summed E-state index contributed by atoms with van der Waals surface area (Å²) in [5.74, 6) is -0.0356. The highest BCUT2D eigenvalue weighted by atomic mass is 35.5. The van der Waals surface area contributed by atoms with Gasteiger partial charge in [0.2, 0.25) is 0 Å². The van der Waals surface area contributed by atoms with Gasteiger partial charge in [0.15, 0.2) is 5.78 Å². The number of nitrogens with one attached hydrogen (secondary N) is 1. The van der Waals surface area contributed by atoms with Crippen LogP contribution >= 0.6 is 11.6 Å². The van der Waals surface area contributed by atoms with E-state index >= 15 is 0 Å². The Morgan fingerprint density at radius 3 is 2.30 bits per heavy atom. The van der Waals surface area contributed by atoms with Gasteiger partial charge >= 0.3 is 5.97 Å². The minimum Gasteiger partial charge on any atom is -0.494 e. The lowest BCUT2D eigenvalue weighted by atomic mass is 9.72. The molecule has 0 radical (unpaired) electrons. The molecule has 0 aromatic heterocycles. The molecule has 1 aliphatic heterocycles. The molecule has 4 rings (SSSR count). The highest BCUT2D eigenvalue weighted by Gasteiger charge is 2.41. The minimum absolute atomic E-state index is 0.0388. The zero-order valence-electron chi connectivity index (χ0n) is 19.1. The fourth-order valence-corrected chi connectivity index (χ4v) is 4.87. The van der Waals surface area contributed by atoms with E-state index in [2.05, 4.69) is 5.32 Å². The molecule has 0 spiro atoms. The van der Waals surface area contributed by atoms with Gasteiger partial charge in [-0.05, 0) is 68.5 Å². The summed E-state index contributed by atoms with van der Waals surface area (Å²) in [5, 5.41) is 4.04. The molecule has 172 valence electrons. The molecule has 0 amide bonds. The summed E-state index contributed by atoms with van der Waals surface area (Å²) in [7, 11) is 0. The Labute approximate surface area is 199 Å². The van der Waals surface area contributed by atoms with Crippen molar-refractivity contribution in [1.82, 2.24) is 5.32 Å². The van der Waals surface area contributed by atoms with Gasteiger partial charge in [0.25, 0.3) is 0 Å². The molecule has 2 aromatic rings. The quantitative estimate of drug-likeness (QED) is 0.557. The van der Waals surface area contributed by atoms with Crippen LogP contribution in [0, 0.1) is 0 Å².